The van der Waals surface area contributed by atoms with Gasteiger partial charge in [-0.2, -0.15) is 50.5 Å². The third-order valence-electron chi connectivity index (χ3n) is 13.8. The van der Waals surface area contributed by atoms with Crippen molar-refractivity contribution in [3.63, 3.8) is 0 Å². The first-order valence-corrected chi connectivity index (χ1v) is 33.1. The van der Waals surface area contributed by atoms with E-state index in [9.17, 15) is 82.6 Å². The summed E-state index contributed by atoms with van der Waals surface area (Å²) in [4.78, 5) is 12.1. The molecular weight excluding hydrogens is 1190 g/mol. The fourth-order valence-corrected chi connectivity index (χ4v) is 14.0. The van der Waals surface area contributed by atoms with Crippen LogP contribution in [0.5, 0.6) is 5.75 Å². The Hall–Kier alpha value is -5.09. The molecule has 0 bridgehead atoms. The molecule has 0 aliphatic carbocycles. The summed E-state index contributed by atoms with van der Waals surface area (Å²) in [6.45, 7) is 12.1. The predicted octanol–water partition coefficient (Wildman–Crippen LogP) is 5.79. The Morgan fingerprint density at radius 1 is 0.654 bits per heavy atom. The van der Waals surface area contributed by atoms with Gasteiger partial charge in [0, 0.05) is 63.9 Å². The Kier molecular flexibility index (Phi) is 18.9. The number of anilines is 2. The first kappa shape index (κ1) is 65.1. The summed E-state index contributed by atoms with van der Waals surface area (Å²) in [6.07, 6.45) is 6.34. The molecule has 0 spiro atoms. The maximum atomic E-state index is 12.8. The summed E-state index contributed by atoms with van der Waals surface area (Å²) in [6, 6.07) is 14.7. The normalized spacial score (nSPS) is 17.1. The molecule has 0 saturated heterocycles. The number of amides is 1. The molecule has 7 rings (SSSR count). The predicted molar refractivity (Wildman–Crippen MR) is 305 cm³/mol. The second-order valence-corrected chi connectivity index (χ2v) is 29.0. The Morgan fingerprint density at radius 3 is 1.63 bits per heavy atom. The van der Waals surface area contributed by atoms with Gasteiger partial charge in [-0.05, 0) is 120 Å². The number of hydrogen-bond acceptors (Lipinski definition) is 16. The molecule has 0 saturated carbocycles. The van der Waals surface area contributed by atoms with E-state index in [-0.39, 0.29) is 107 Å². The second kappa shape index (κ2) is 23.5. The van der Waals surface area contributed by atoms with Crippen LogP contribution in [0, 0.1) is 0 Å². The van der Waals surface area contributed by atoms with Crippen LogP contribution >= 0.6 is 0 Å². The fraction of sp³-hybridized carbons (Fsp3) is 0.314. The van der Waals surface area contributed by atoms with Crippen LogP contribution in [0.3, 0.4) is 0 Å². The van der Waals surface area contributed by atoms with Crippen LogP contribution in [0.25, 0.3) is 21.5 Å². The Bertz CT molecular complexity index is 4200. The molecule has 23 nitrogen and oxygen atoms in total. The van der Waals surface area contributed by atoms with Crippen molar-refractivity contribution in [1.82, 2.24) is 5.32 Å². The molecule has 7 N–H and O–H groups in total. The molecule has 2 aliphatic heterocycles. The number of carbonyl (C=O) groups excluding carboxylic acids is 1. The molecule has 30 heteroatoms. The number of nitrogens with zero attached hydrogens (tertiary/aromatic N) is 2. The molecular formula is C51H58N3NaO20S6. The van der Waals surface area contributed by atoms with Gasteiger partial charge in [-0.25, -0.2) is 0 Å². The fourth-order valence-electron chi connectivity index (χ4n) is 10.3. The van der Waals surface area contributed by atoms with E-state index in [0.717, 1.165) is 17.7 Å². The third kappa shape index (κ3) is 14.6. The van der Waals surface area contributed by atoms with Crippen molar-refractivity contribution in [3.05, 3.63) is 137 Å². The first-order valence-electron chi connectivity index (χ1n) is 24.1. The molecule has 5 aromatic carbocycles. The molecule has 1 amide bonds. The van der Waals surface area contributed by atoms with Gasteiger partial charge in [0.05, 0.1) is 27.3 Å². The van der Waals surface area contributed by atoms with E-state index < -0.39 is 109 Å². The molecule has 0 fully saturated rings. The van der Waals surface area contributed by atoms with Crippen molar-refractivity contribution in [2.45, 2.75) is 90.3 Å². The van der Waals surface area contributed by atoms with E-state index in [0.29, 0.717) is 46.8 Å². The number of fused-ring (bicyclic) bond motifs is 6. The molecule has 2 heterocycles. The van der Waals surface area contributed by atoms with Crippen molar-refractivity contribution in [2.24, 2.45) is 0 Å². The van der Waals surface area contributed by atoms with Gasteiger partial charge in [0.25, 0.3) is 60.7 Å². The van der Waals surface area contributed by atoms with Gasteiger partial charge in [-0.3, -0.25) is 32.1 Å². The molecule has 5 aromatic rings. The zero-order valence-electron chi connectivity index (χ0n) is 43.4. The van der Waals surface area contributed by atoms with E-state index in [1.165, 1.54) is 36.4 Å². The Labute approximate surface area is 492 Å². The zero-order chi connectivity index (χ0) is 59.5. The van der Waals surface area contributed by atoms with E-state index in [1.807, 2.05) is 0 Å². The van der Waals surface area contributed by atoms with Crippen LogP contribution < -0.4 is 19.9 Å². The van der Waals surface area contributed by atoms with Crippen LogP contribution in [-0.2, 0) is 82.8 Å². The third-order valence-corrected chi connectivity index (χ3v) is 18.9. The first-order chi connectivity index (χ1) is 36.7. The van der Waals surface area contributed by atoms with Crippen molar-refractivity contribution >= 4 is 129 Å². The molecule has 1 unspecified atom stereocenters. The summed E-state index contributed by atoms with van der Waals surface area (Å²) in [7, 11) is -29.5. The van der Waals surface area contributed by atoms with Crippen molar-refractivity contribution in [1.29, 1.82) is 0 Å². The van der Waals surface area contributed by atoms with E-state index in [4.69, 9.17) is 4.74 Å². The van der Waals surface area contributed by atoms with Crippen molar-refractivity contribution in [3.8, 4) is 5.75 Å². The summed E-state index contributed by atoms with van der Waals surface area (Å²) in [5.41, 5.74) is 0.233. The molecule has 81 heavy (non-hydrogen) atoms. The van der Waals surface area contributed by atoms with Crippen LogP contribution in [0.2, 0.25) is 0 Å². The Morgan fingerprint density at radius 2 is 1.15 bits per heavy atom. The summed E-state index contributed by atoms with van der Waals surface area (Å²) in [5.74, 6) is -1.40. The SMILES string of the molecule is C=C(C)C(=O)NCCc1ccc(OC(=C\C=C2/N(CCCS(=O)(=O)O)c3ccc4c(S(=O)(=O)O)cc(S(=O)(=O)O)cc4c3C2(C)C)/C=C/C2N(CCCS(=O)(=O)O)c3ccc4c(S(=O)(=O)O)cc(S(=O)(=O)O)cc4c3C2(C)C)cc1.[NaH]. The number of rotatable bonds is 21. The number of allylic oxidation sites excluding steroid dienone is 4. The Balaban J connectivity index is 0.0000106. The van der Waals surface area contributed by atoms with E-state index in [2.05, 4.69) is 11.9 Å². The average Bonchev–Trinajstić information content (AvgIpc) is 3.67. The molecule has 1 atom stereocenters. The van der Waals surface area contributed by atoms with Gasteiger partial charge in [0.15, 0.2) is 0 Å². The van der Waals surface area contributed by atoms with Crippen LogP contribution in [0.1, 0.15) is 64.2 Å². The zero-order valence-corrected chi connectivity index (χ0v) is 48.3. The number of hydrogen-bond donors (Lipinski definition) is 7. The van der Waals surface area contributed by atoms with E-state index in [1.54, 1.807) is 80.8 Å². The topological polar surface area (TPSA) is 371 Å². The molecule has 0 radical (unpaired) electrons. The minimum atomic E-state index is -5.13. The van der Waals surface area contributed by atoms with Crippen molar-refractivity contribution in [2.75, 3.05) is 40.9 Å². The summed E-state index contributed by atoms with van der Waals surface area (Å²) < 4.78 is 216. The minimum absolute atomic E-state index is 0. The average molecular weight is 1250 g/mol. The molecule has 0 aromatic heterocycles. The van der Waals surface area contributed by atoms with Gasteiger partial charge in [-0.1, -0.05) is 64.6 Å². The number of ether oxygens (including phenoxy) is 1. The standard InChI is InChI=1S/C51H57N3O20S6.Na.H/c1-31(2)49(55)52-22-21-32-9-11-33(12-10-32)74-34(13-19-45-50(3,4)47-39-27-35(77(62,63)64)29-43(79(68,69)70)37(39)15-17-41(47)53(45)23-7-25-75(56,57)58)14-20-46-51(5,6)48-40-28-36(78(65,66)67)30-44(80(71,72)73)38(40)16-18-42(48)54(46)24-8-26-76(59,60)61;;/h9-20,27-30,45H,1,7-8,21-26H2,2-6H3,(H,52,55)(H,56,57,58)(H,59,60,61)(H,62,63,64)(H,65,66,67)(H,68,69,70)(H,71,72,73);;/b19-13+,34-14-,46-20-;;. The van der Waals surface area contributed by atoms with Crippen LogP contribution in [0.15, 0.2) is 140 Å². The monoisotopic (exact) mass is 1250 g/mol. The van der Waals surface area contributed by atoms with Crippen molar-refractivity contribution < 1.29 is 87.4 Å². The quantitative estimate of drug-likeness (QED) is 0.0150. The molecule has 2 aliphatic rings. The molecule has 434 valence electrons. The van der Waals surface area contributed by atoms with Gasteiger partial charge < -0.3 is 19.9 Å². The van der Waals surface area contributed by atoms with E-state index >= 15 is 0 Å². The summed E-state index contributed by atoms with van der Waals surface area (Å²) in [5, 5.41) is 2.46. The number of benzene rings is 5. The van der Waals surface area contributed by atoms with Crippen LogP contribution in [-0.4, -0.2) is 150 Å². The number of nitrogens with one attached hydrogen (secondary N) is 1. The second-order valence-electron chi connectivity index (χ2n) is 20.3. The summed E-state index contributed by atoms with van der Waals surface area (Å²) >= 11 is 0. The van der Waals surface area contributed by atoms with Gasteiger partial charge in [0.2, 0.25) is 5.91 Å². The number of carbonyl (C=O) groups is 1. The van der Waals surface area contributed by atoms with Gasteiger partial charge >= 0.3 is 29.6 Å². The maximum absolute atomic E-state index is 12.8. The van der Waals surface area contributed by atoms with Gasteiger partial charge in [-0.15, -0.1) is 0 Å². The van der Waals surface area contributed by atoms with Crippen LogP contribution in [0.4, 0.5) is 11.4 Å². The van der Waals surface area contributed by atoms with Gasteiger partial charge in [0.1, 0.15) is 21.3 Å².